The Bertz CT molecular complexity index is 925. The van der Waals surface area contributed by atoms with Crippen LogP contribution in [0.4, 0.5) is 0 Å². The molecule has 0 bridgehead atoms. The van der Waals surface area contributed by atoms with Crippen LogP contribution >= 0.6 is 27.7 Å². The fraction of sp³-hybridized carbons (Fsp3) is 0.350. The van der Waals surface area contributed by atoms with Crippen molar-refractivity contribution in [1.29, 1.82) is 0 Å². The number of aryl methyl sites for hydroxylation is 1. The zero-order valence-corrected chi connectivity index (χ0v) is 18.9. The van der Waals surface area contributed by atoms with Crippen molar-refractivity contribution in [3.05, 3.63) is 64.1 Å². The Morgan fingerprint density at radius 3 is 2.32 bits per heavy atom. The van der Waals surface area contributed by atoms with Crippen molar-refractivity contribution >= 4 is 43.6 Å². The van der Waals surface area contributed by atoms with E-state index >= 15 is 0 Å². The van der Waals surface area contributed by atoms with Crippen molar-refractivity contribution in [1.82, 2.24) is 9.21 Å². The van der Waals surface area contributed by atoms with Crippen LogP contribution in [0.2, 0.25) is 0 Å². The lowest BCUT2D eigenvalue weighted by Crippen LogP contribution is -2.50. The third-order valence-corrected chi connectivity index (χ3v) is 8.34. The molecule has 2 aromatic carbocycles. The van der Waals surface area contributed by atoms with E-state index in [1.165, 1.54) is 4.31 Å². The number of carbonyl (C=O) groups excluding carboxylic acids is 1. The number of hydrogen-bond donors (Lipinski definition) is 0. The standard InChI is InChI=1S/C20H23BrN2O3S2/c1-16-6-8-18(9-7-16)28(25,26)23-12-10-22(11-13-23)20(24)15-27-14-17-4-2-3-5-19(17)21/h2-9H,10-15H2,1H3. The van der Waals surface area contributed by atoms with Crippen LogP contribution in [0.1, 0.15) is 11.1 Å². The van der Waals surface area contributed by atoms with E-state index in [4.69, 9.17) is 0 Å². The van der Waals surface area contributed by atoms with Gasteiger partial charge >= 0.3 is 0 Å². The maximum absolute atomic E-state index is 12.7. The van der Waals surface area contributed by atoms with E-state index in [1.807, 2.05) is 31.2 Å². The smallest absolute Gasteiger partial charge is 0.243 e. The zero-order valence-electron chi connectivity index (χ0n) is 15.7. The second kappa shape index (κ2) is 9.43. The largest absolute Gasteiger partial charge is 0.339 e. The third-order valence-electron chi connectivity index (χ3n) is 4.69. The number of nitrogens with zero attached hydrogens (tertiary/aromatic N) is 2. The normalized spacial score (nSPS) is 15.6. The molecule has 0 aliphatic carbocycles. The van der Waals surface area contributed by atoms with E-state index in [0.29, 0.717) is 36.8 Å². The number of amides is 1. The van der Waals surface area contributed by atoms with Crippen molar-refractivity contribution in [2.24, 2.45) is 0 Å². The van der Waals surface area contributed by atoms with Gasteiger partial charge in [0.25, 0.3) is 0 Å². The molecule has 1 aliphatic rings. The summed E-state index contributed by atoms with van der Waals surface area (Å²) in [6.07, 6.45) is 0. The summed E-state index contributed by atoms with van der Waals surface area (Å²) < 4.78 is 28.0. The number of sulfonamides is 1. The molecule has 0 aromatic heterocycles. The fourth-order valence-electron chi connectivity index (χ4n) is 2.99. The highest BCUT2D eigenvalue weighted by molar-refractivity contribution is 9.10. The molecule has 0 N–H and O–H groups in total. The van der Waals surface area contributed by atoms with Gasteiger partial charge < -0.3 is 4.90 Å². The monoisotopic (exact) mass is 482 g/mol. The third kappa shape index (κ3) is 5.17. The van der Waals surface area contributed by atoms with Crippen LogP contribution in [0.25, 0.3) is 0 Å². The summed E-state index contributed by atoms with van der Waals surface area (Å²) in [5, 5.41) is 0. The fourth-order valence-corrected chi connectivity index (χ4v) is 5.96. The SMILES string of the molecule is Cc1ccc(S(=O)(=O)N2CCN(C(=O)CSCc3ccccc3Br)CC2)cc1. The van der Waals surface area contributed by atoms with E-state index in [0.717, 1.165) is 21.4 Å². The second-order valence-electron chi connectivity index (χ2n) is 6.68. The molecular formula is C20H23BrN2O3S2. The molecule has 0 atom stereocenters. The highest BCUT2D eigenvalue weighted by atomic mass is 79.9. The summed E-state index contributed by atoms with van der Waals surface area (Å²) in [5.41, 5.74) is 2.18. The van der Waals surface area contributed by atoms with Crippen LogP contribution in [0.15, 0.2) is 57.9 Å². The maximum Gasteiger partial charge on any atom is 0.243 e. The van der Waals surface area contributed by atoms with Gasteiger partial charge in [0, 0.05) is 36.4 Å². The quantitative estimate of drug-likeness (QED) is 0.631. The van der Waals surface area contributed by atoms with E-state index in [2.05, 4.69) is 15.9 Å². The molecule has 28 heavy (non-hydrogen) atoms. The van der Waals surface area contributed by atoms with Crippen molar-refractivity contribution in [3.8, 4) is 0 Å². The molecule has 0 spiro atoms. The van der Waals surface area contributed by atoms with Crippen LogP contribution in [-0.2, 0) is 20.6 Å². The number of hydrogen-bond acceptors (Lipinski definition) is 4. The molecule has 2 aromatic rings. The highest BCUT2D eigenvalue weighted by Gasteiger charge is 2.29. The van der Waals surface area contributed by atoms with Crippen LogP contribution < -0.4 is 0 Å². The van der Waals surface area contributed by atoms with Crippen LogP contribution in [-0.4, -0.2) is 55.5 Å². The van der Waals surface area contributed by atoms with Gasteiger partial charge in [-0.1, -0.05) is 51.8 Å². The van der Waals surface area contributed by atoms with Gasteiger partial charge in [-0.05, 0) is 30.7 Å². The second-order valence-corrected chi connectivity index (χ2v) is 10.5. The predicted molar refractivity (Wildman–Crippen MR) is 117 cm³/mol. The lowest BCUT2D eigenvalue weighted by Gasteiger charge is -2.34. The minimum Gasteiger partial charge on any atom is -0.339 e. The van der Waals surface area contributed by atoms with E-state index in [1.54, 1.807) is 40.9 Å². The molecule has 1 heterocycles. The maximum atomic E-state index is 12.7. The average Bonchev–Trinajstić information content (AvgIpc) is 2.70. The van der Waals surface area contributed by atoms with E-state index < -0.39 is 10.0 Å². The number of benzene rings is 2. The number of thioether (sulfide) groups is 1. The summed E-state index contributed by atoms with van der Waals surface area (Å²) in [5.74, 6) is 1.21. The van der Waals surface area contributed by atoms with Gasteiger partial charge in [-0.3, -0.25) is 4.79 Å². The van der Waals surface area contributed by atoms with Crippen LogP contribution in [0.5, 0.6) is 0 Å². The van der Waals surface area contributed by atoms with Gasteiger partial charge in [-0.15, -0.1) is 11.8 Å². The zero-order chi connectivity index (χ0) is 20.1. The first-order chi connectivity index (χ1) is 13.4. The van der Waals surface area contributed by atoms with Gasteiger partial charge in [-0.25, -0.2) is 8.42 Å². The summed E-state index contributed by atoms with van der Waals surface area (Å²) >= 11 is 5.09. The minimum absolute atomic E-state index is 0.0597. The van der Waals surface area contributed by atoms with E-state index in [-0.39, 0.29) is 5.91 Å². The lowest BCUT2D eigenvalue weighted by atomic mass is 10.2. The Balaban J connectivity index is 1.50. The molecule has 5 nitrogen and oxygen atoms in total. The van der Waals surface area contributed by atoms with Gasteiger partial charge in [0.2, 0.25) is 15.9 Å². The minimum atomic E-state index is -3.50. The van der Waals surface area contributed by atoms with Crippen LogP contribution in [0.3, 0.4) is 0 Å². The molecule has 1 saturated heterocycles. The lowest BCUT2D eigenvalue weighted by molar-refractivity contribution is -0.129. The van der Waals surface area contributed by atoms with Crippen molar-refractivity contribution in [3.63, 3.8) is 0 Å². The van der Waals surface area contributed by atoms with E-state index in [9.17, 15) is 13.2 Å². The molecule has 3 rings (SSSR count). The van der Waals surface area contributed by atoms with Crippen molar-refractivity contribution in [2.75, 3.05) is 31.9 Å². The topological polar surface area (TPSA) is 57.7 Å². The molecule has 1 aliphatic heterocycles. The summed E-state index contributed by atoms with van der Waals surface area (Å²) in [4.78, 5) is 14.5. The first-order valence-corrected chi connectivity index (χ1v) is 12.4. The molecule has 1 fully saturated rings. The molecular weight excluding hydrogens is 460 g/mol. The summed E-state index contributed by atoms with van der Waals surface area (Å²) in [6.45, 7) is 3.45. The molecule has 0 radical (unpaired) electrons. The Morgan fingerprint density at radius 2 is 1.68 bits per heavy atom. The summed E-state index contributed by atoms with van der Waals surface area (Å²) in [7, 11) is -3.50. The number of carbonyl (C=O) groups is 1. The number of rotatable bonds is 6. The Labute approximate surface area is 179 Å². The Hall–Kier alpha value is -1.35. The molecule has 0 saturated carbocycles. The number of piperazine rings is 1. The first-order valence-electron chi connectivity index (χ1n) is 9.03. The number of halogens is 1. The van der Waals surface area contributed by atoms with Crippen molar-refractivity contribution in [2.45, 2.75) is 17.6 Å². The van der Waals surface area contributed by atoms with Gasteiger partial charge in [0.1, 0.15) is 0 Å². The molecule has 150 valence electrons. The molecule has 0 unspecified atom stereocenters. The molecule has 1 amide bonds. The average molecular weight is 483 g/mol. The van der Waals surface area contributed by atoms with Gasteiger partial charge in [-0.2, -0.15) is 4.31 Å². The van der Waals surface area contributed by atoms with Gasteiger partial charge in [0.05, 0.1) is 10.6 Å². The Morgan fingerprint density at radius 1 is 1.04 bits per heavy atom. The van der Waals surface area contributed by atoms with Gasteiger partial charge in [0.15, 0.2) is 0 Å². The predicted octanol–water partition coefficient (Wildman–Crippen LogP) is 3.52. The van der Waals surface area contributed by atoms with Crippen LogP contribution in [0, 0.1) is 6.92 Å². The Kier molecular flexibility index (Phi) is 7.20. The first kappa shape index (κ1) is 21.4. The van der Waals surface area contributed by atoms with Crippen molar-refractivity contribution < 1.29 is 13.2 Å². The molecule has 8 heteroatoms. The summed E-state index contributed by atoms with van der Waals surface area (Å²) in [6, 6.07) is 14.9. The highest BCUT2D eigenvalue weighted by Crippen LogP contribution is 2.22.